The molecule has 0 saturated carbocycles. The SMILES string of the molecule is CNNC(=O)COCc1ccc(F)cc1F. The predicted molar refractivity (Wildman–Crippen MR) is 53.2 cm³/mol. The van der Waals surface area contributed by atoms with Gasteiger partial charge in [-0.2, -0.15) is 0 Å². The van der Waals surface area contributed by atoms with E-state index in [-0.39, 0.29) is 24.7 Å². The zero-order chi connectivity index (χ0) is 12.0. The van der Waals surface area contributed by atoms with Crippen LogP contribution in [-0.4, -0.2) is 19.6 Å². The van der Waals surface area contributed by atoms with Gasteiger partial charge in [-0.05, 0) is 6.07 Å². The second-order valence-electron chi connectivity index (χ2n) is 3.03. The summed E-state index contributed by atoms with van der Waals surface area (Å²) in [7, 11) is 1.54. The fourth-order valence-corrected chi connectivity index (χ4v) is 1.07. The van der Waals surface area contributed by atoms with E-state index in [1.54, 1.807) is 0 Å². The number of hydrogen-bond acceptors (Lipinski definition) is 3. The molecule has 88 valence electrons. The molecule has 0 atom stereocenters. The minimum atomic E-state index is -0.686. The van der Waals surface area contributed by atoms with Crippen molar-refractivity contribution < 1.29 is 18.3 Å². The molecule has 0 fully saturated rings. The molecule has 0 aliphatic rings. The summed E-state index contributed by atoms with van der Waals surface area (Å²) in [6.45, 7) is -0.277. The highest BCUT2D eigenvalue weighted by Gasteiger charge is 2.05. The Morgan fingerprint density at radius 3 is 2.81 bits per heavy atom. The van der Waals surface area contributed by atoms with E-state index in [0.29, 0.717) is 0 Å². The second kappa shape index (κ2) is 6.14. The zero-order valence-electron chi connectivity index (χ0n) is 8.72. The number of carbonyl (C=O) groups excluding carboxylic acids is 1. The van der Waals surface area contributed by atoms with E-state index in [1.807, 2.05) is 0 Å². The van der Waals surface area contributed by atoms with Crippen LogP contribution in [0.2, 0.25) is 0 Å². The van der Waals surface area contributed by atoms with Gasteiger partial charge in [-0.3, -0.25) is 10.2 Å². The van der Waals surface area contributed by atoms with Crippen molar-refractivity contribution in [1.82, 2.24) is 10.9 Å². The third-order valence-corrected chi connectivity index (χ3v) is 1.77. The molecule has 2 N–H and O–H groups in total. The Labute approximate surface area is 91.6 Å². The van der Waals surface area contributed by atoms with Crippen molar-refractivity contribution in [3.8, 4) is 0 Å². The largest absolute Gasteiger partial charge is 0.367 e. The quantitative estimate of drug-likeness (QED) is 0.733. The number of ether oxygens (including phenoxy) is 1. The molecule has 0 aromatic heterocycles. The fraction of sp³-hybridized carbons (Fsp3) is 0.300. The minimum absolute atomic E-state index is 0.0801. The summed E-state index contributed by atoms with van der Waals surface area (Å²) in [6, 6.07) is 3.18. The maximum Gasteiger partial charge on any atom is 0.260 e. The first-order chi connectivity index (χ1) is 7.63. The number of rotatable bonds is 5. The molecule has 0 radical (unpaired) electrons. The van der Waals surface area contributed by atoms with Crippen LogP contribution in [-0.2, 0) is 16.1 Å². The first kappa shape index (κ1) is 12.5. The highest BCUT2D eigenvalue weighted by atomic mass is 19.1. The second-order valence-corrected chi connectivity index (χ2v) is 3.03. The first-order valence-electron chi connectivity index (χ1n) is 4.60. The molecule has 4 nitrogen and oxygen atoms in total. The number of halogens is 2. The highest BCUT2D eigenvalue weighted by molar-refractivity contribution is 5.76. The van der Waals surface area contributed by atoms with Gasteiger partial charge in [-0.1, -0.05) is 6.07 Å². The van der Waals surface area contributed by atoms with Gasteiger partial charge in [0.2, 0.25) is 0 Å². The van der Waals surface area contributed by atoms with E-state index in [9.17, 15) is 13.6 Å². The van der Waals surface area contributed by atoms with Crippen molar-refractivity contribution in [2.75, 3.05) is 13.7 Å². The van der Waals surface area contributed by atoms with E-state index in [2.05, 4.69) is 10.9 Å². The average molecular weight is 230 g/mol. The number of amides is 1. The third kappa shape index (κ3) is 3.92. The van der Waals surface area contributed by atoms with Crippen LogP contribution in [0.25, 0.3) is 0 Å². The highest BCUT2D eigenvalue weighted by Crippen LogP contribution is 2.10. The topological polar surface area (TPSA) is 50.4 Å². The van der Waals surface area contributed by atoms with Crippen molar-refractivity contribution in [3.05, 3.63) is 35.4 Å². The van der Waals surface area contributed by atoms with Crippen LogP contribution in [0.4, 0.5) is 8.78 Å². The summed E-state index contributed by atoms with van der Waals surface area (Å²) >= 11 is 0. The van der Waals surface area contributed by atoms with Crippen molar-refractivity contribution in [3.63, 3.8) is 0 Å². The average Bonchev–Trinajstić information content (AvgIpc) is 2.22. The van der Waals surface area contributed by atoms with Gasteiger partial charge >= 0.3 is 0 Å². The first-order valence-corrected chi connectivity index (χ1v) is 4.60. The summed E-state index contributed by atoms with van der Waals surface area (Å²) in [5.74, 6) is -1.70. The Kier molecular flexibility index (Phi) is 4.81. The third-order valence-electron chi connectivity index (χ3n) is 1.77. The molecule has 0 bridgehead atoms. The molecule has 0 unspecified atom stereocenters. The van der Waals surface area contributed by atoms with Gasteiger partial charge in [-0.15, -0.1) is 0 Å². The van der Waals surface area contributed by atoms with E-state index in [1.165, 1.54) is 13.1 Å². The van der Waals surface area contributed by atoms with Crippen LogP contribution in [0, 0.1) is 11.6 Å². The molecule has 16 heavy (non-hydrogen) atoms. The van der Waals surface area contributed by atoms with Crippen molar-refractivity contribution in [2.24, 2.45) is 0 Å². The molecule has 1 aromatic rings. The van der Waals surface area contributed by atoms with Crippen LogP contribution in [0.3, 0.4) is 0 Å². The summed E-state index contributed by atoms with van der Waals surface area (Å²) in [4.78, 5) is 10.9. The van der Waals surface area contributed by atoms with Gasteiger partial charge in [0.1, 0.15) is 18.2 Å². The Hall–Kier alpha value is -1.53. The molecular formula is C10H12F2N2O2. The molecule has 0 aliphatic carbocycles. The van der Waals surface area contributed by atoms with Gasteiger partial charge in [0, 0.05) is 18.7 Å². The predicted octanol–water partition coefficient (Wildman–Crippen LogP) is 0.732. The fourth-order valence-electron chi connectivity index (χ4n) is 1.07. The molecule has 0 saturated heterocycles. The molecule has 1 aromatic carbocycles. The van der Waals surface area contributed by atoms with E-state index in [4.69, 9.17) is 4.74 Å². The van der Waals surface area contributed by atoms with Gasteiger partial charge in [0.05, 0.1) is 6.61 Å². The van der Waals surface area contributed by atoms with Crippen LogP contribution >= 0.6 is 0 Å². The summed E-state index contributed by atoms with van der Waals surface area (Å²) in [5, 5.41) is 0. The Balaban J connectivity index is 2.40. The van der Waals surface area contributed by atoms with Crippen LogP contribution in [0.1, 0.15) is 5.56 Å². The minimum Gasteiger partial charge on any atom is -0.367 e. The number of hydrogen-bond donors (Lipinski definition) is 2. The number of hydrazine groups is 1. The van der Waals surface area contributed by atoms with Crippen LogP contribution in [0.15, 0.2) is 18.2 Å². The Bertz CT molecular complexity index is 372. The molecule has 0 aliphatic heterocycles. The Morgan fingerprint density at radius 1 is 1.44 bits per heavy atom. The lowest BCUT2D eigenvalue weighted by molar-refractivity contribution is -0.127. The molecule has 0 spiro atoms. The molecular weight excluding hydrogens is 218 g/mol. The molecule has 0 heterocycles. The van der Waals surface area contributed by atoms with E-state index in [0.717, 1.165) is 12.1 Å². The van der Waals surface area contributed by atoms with Gasteiger partial charge < -0.3 is 4.74 Å². The lowest BCUT2D eigenvalue weighted by Crippen LogP contribution is -2.36. The standard InChI is InChI=1S/C10H12F2N2O2/c1-13-14-10(15)6-16-5-7-2-3-8(11)4-9(7)12/h2-4,13H,5-6H2,1H3,(H,14,15). The summed E-state index contributed by atoms with van der Waals surface area (Å²) in [6.07, 6.45) is 0. The molecule has 1 rings (SSSR count). The lowest BCUT2D eigenvalue weighted by Gasteiger charge is -2.05. The smallest absolute Gasteiger partial charge is 0.260 e. The van der Waals surface area contributed by atoms with Crippen LogP contribution < -0.4 is 10.9 Å². The number of carbonyl (C=O) groups is 1. The van der Waals surface area contributed by atoms with Crippen molar-refractivity contribution >= 4 is 5.91 Å². The van der Waals surface area contributed by atoms with Gasteiger partial charge in [0.25, 0.3) is 5.91 Å². The van der Waals surface area contributed by atoms with Crippen LogP contribution in [0.5, 0.6) is 0 Å². The molecule has 6 heteroatoms. The van der Waals surface area contributed by atoms with E-state index < -0.39 is 11.6 Å². The van der Waals surface area contributed by atoms with Gasteiger partial charge in [-0.25, -0.2) is 14.2 Å². The van der Waals surface area contributed by atoms with Crippen molar-refractivity contribution in [1.29, 1.82) is 0 Å². The lowest BCUT2D eigenvalue weighted by atomic mass is 10.2. The van der Waals surface area contributed by atoms with Gasteiger partial charge in [0.15, 0.2) is 0 Å². The number of benzene rings is 1. The van der Waals surface area contributed by atoms with Crippen molar-refractivity contribution in [2.45, 2.75) is 6.61 Å². The maximum atomic E-state index is 13.1. The maximum absolute atomic E-state index is 13.1. The molecule has 1 amide bonds. The Morgan fingerprint density at radius 2 is 2.19 bits per heavy atom. The number of nitrogens with one attached hydrogen (secondary N) is 2. The normalized spacial score (nSPS) is 10.2. The summed E-state index contributed by atoms with van der Waals surface area (Å²) < 4.78 is 30.6. The van der Waals surface area contributed by atoms with E-state index >= 15 is 0 Å². The monoisotopic (exact) mass is 230 g/mol. The zero-order valence-corrected chi connectivity index (χ0v) is 8.72. The summed E-state index contributed by atoms with van der Waals surface area (Å²) in [5.41, 5.74) is 4.93.